The molecule has 5 heteroatoms. The molecule has 5 nitrogen and oxygen atoms in total. The maximum atomic E-state index is 12.3. The number of hydrogen-bond donors (Lipinski definition) is 2. The van der Waals surface area contributed by atoms with Crippen molar-refractivity contribution in [1.82, 2.24) is 4.90 Å². The fraction of sp³-hybridized carbons (Fsp3) is 0.350. The van der Waals surface area contributed by atoms with E-state index in [0.717, 1.165) is 23.4 Å². The number of nitrogens with zero attached hydrogens (tertiary/aromatic N) is 1. The topological polar surface area (TPSA) is 61.8 Å². The van der Waals surface area contributed by atoms with E-state index in [9.17, 15) is 9.90 Å². The van der Waals surface area contributed by atoms with Crippen LogP contribution in [0.2, 0.25) is 0 Å². The largest absolute Gasteiger partial charge is 0.496 e. The van der Waals surface area contributed by atoms with Gasteiger partial charge in [0.25, 0.3) is 0 Å². The second-order valence-corrected chi connectivity index (χ2v) is 6.18. The number of ether oxygens (including phenoxy) is 1. The standard InChI is InChI=1S/C20H26N2O3/c1-15(23)11-12-22(2)20(24)21-18-9-10-19(25-3)17(14-18)13-16-7-5-4-6-8-16/h4-10,14-15,23H,11-13H2,1-3H3,(H,21,24). The molecule has 0 fully saturated rings. The molecule has 0 aliphatic heterocycles. The summed E-state index contributed by atoms with van der Waals surface area (Å²) >= 11 is 0. The van der Waals surface area contributed by atoms with Crippen LogP contribution in [0.1, 0.15) is 24.5 Å². The molecule has 25 heavy (non-hydrogen) atoms. The van der Waals surface area contributed by atoms with Gasteiger partial charge in [-0.25, -0.2) is 4.79 Å². The maximum Gasteiger partial charge on any atom is 0.321 e. The Balaban J connectivity index is 2.09. The predicted octanol–water partition coefficient (Wildman–Crippen LogP) is 3.52. The minimum absolute atomic E-state index is 0.198. The maximum absolute atomic E-state index is 12.3. The number of carbonyl (C=O) groups is 1. The average Bonchev–Trinajstić information content (AvgIpc) is 2.60. The Morgan fingerprint density at radius 1 is 1.24 bits per heavy atom. The number of amides is 2. The molecule has 0 bridgehead atoms. The molecule has 0 saturated heterocycles. The summed E-state index contributed by atoms with van der Waals surface area (Å²) in [6.07, 6.45) is 0.853. The quantitative estimate of drug-likeness (QED) is 0.809. The van der Waals surface area contributed by atoms with E-state index in [1.807, 2.05) is 36.4 Å². The number of anilines is 1. The SMILES string of the molecule is COc1ccc(NC(=O)N(C)CCC(C)O)cc1Cc1ccccc1. The van der Waals surface area contributed by atoms with Crippen molar-refractivity contribution in [1.29, 1.82) is 0 Å². The van der Waals surface area contributed by atoms with Crippen molar-refractivity contribution in [3.63, 3.8) is 0 Å². The van der Waals surface area contributed by atoms with Gasteiger partial charge in [0.15, 0.2) is 0 Å². The highest BCUT2D eigenvalue weighted by atomic mass is 16.5. The predicted molar refractivity (Wildman–Crippen MR) is 100 cm³/mol. The first-order valence-electron chi connectivity index (χ1n) is 8.40. The third kappa shape index (κ3) is 5.80. The Morgan fingerprint density at radius 2 is 1.96 bits per heavy atom. The Morgan fingerprint density at radius 3 is 2.60 bits per heavy atom. The van der Waals surface area contributed by atoms with E-state index in [0.29, 0.717) is 13.0 Å². The molecule has 0 aliphatic carbocycles. The van der Waals surface area contributed by atoms with Crippen molar-refractivity contribution < 1.29 is 14.6 Å². The van der Waals surface area contributed by atoms with Crippen molar-refractivity contribution in [3.05, 3.63) is 59.7 Å². The van der Waals surface area contributed by atoms with E-state index in [1.54, 1.807) is 26.0 Å². The number of urea groups is 1. The zero-order valence-electron chi connectivity index (χ0n) is 15.0. The summed E-state index contributed by atoms with van der Waals surface area (Å²) in [6, 6.07) is 15.6. The second-order valence-electron chi connectivity index (χ2n) is 6.18. The van der Waals surface area contributed by atoms with Crippen molar-refractivity contribution in [3.8, 4) is 5.75 Å². The third-order valence-electron chi connectivity index (χ3n) is 4.00. The number of aliphatic hydroxyl groups is 1. The fourth-order valence-electron chi connectivity index (χ4n) is 2.51. The number of rotatable bonds is 7. The first-order chi connectivity index (χ1) is 12.0. The summed E-state index contributed by atoms with van der Waals surface area (Å²) in [5.74, 6) is 0.796. The van der Waals surface area contributed by atoms with E-state index < -0.39 is 6.10 Å². The van der Waals surface area contributed by atoms with Gasteiger partial charge >= 0.3 is 6.03 Å². The highest BCUT2D eigenvalue weighted by molar-refractivity contribution is 5.89. The molecule has 2 rings (SSSR count). The van der Waals surface area contributed by atoms with Crippen molar-refractivity contribution in [2.45, 2.75) is 25.9 Å². The molecular formula is C20H26N2O3. The van der Waals surface area contributed by atoms with Crippen LogP contribution in [-0.2, 0) is 6.42 Å². The lowest BCUT2D eigenvalue weighted by Crippen LogP contribution is -2.33. The first kappa shape index (κ1) is 18.8. The molecule has 2 N–H and O–H groups in total. The van der Waals surface area contributed by atoms with Gasteiger partial charge < -0.3 is 20.1 Å². The zero-order valence-corrected chi connectivity index (χ0v) is 15.0. The third-order valence-corrected chi connectivity index (χ3v) is 4.00. The van der Waals surface area contributed by atoms with E-state index >= 15 is 0 Å². The number of carbonyl (C=O) groups excluding carboxylic acids is 1. The summed E-state index contributed by atoms with van der Waals surface area (Å²) in [4.78, 5) is 13.8. The molecule has 2 aromatic carbocycles. The Bertz CT molecular complexity index is 687. The van der Waals surface area contributed by atoms with Gasteiger partial charge in [-0.15, -0.1) is 0 Å². The first-order valence-corrected chi connectivity index (χ1v) is 8.40. The summed E-state index contributed by atoms with van der Waals surface area (Å²) in [7, 11) is 3.36. The molecule has 2 aromatic rings. The van der Waals surface area contributed by atoms with E-state index in [4.69, 9.17) is 4.74 Å². The van der Waals surface area contributed by atoms with Crippen LogP contribution in [0, 0.1) is 0 Å². The van der Waals surface area contributed by atoms with Gasteiger partial charge in [-0.3, -0.25) is 0 Å². The lowest BCUT2D eigenvalue weighted by Gasteiger charge is -2.19. The number of benzene rings is 2. The number of nitrogens with one attached hydrogen (secondary N) is 1. The summed E-state index contributed by atoms with van der Waals surface area (Å²) < 4.78 is 5.44. The van der Waals surface area contributed by atoms with Gasteiger partial charge in [-0.1, -0.05) is 30.3 Å². The van der Waals surface area contributed by atoms with Gasteiger partial charge in [-0.2, -0.15) is 0 Å². The normalized spacial score (nSPS) is 11.7. The molecule has 0 saturated carbocycles. The van der Waals surface area contributed by atoms with Crippen LogP contribution >= 0.6 is 0 Å². The molecule has 0 heterocycles. The number of methoxy groups -OCH3 is 1. The summed E-state index contributed by atoms with van der Waals surface area (Å²) in [5.41, 5.74) is 2.91. The van der Waals surface area contributed by atoms with Crippen LogP contribution in [-0.4, -0.2) is 42.8 Å². The lowest BCUT2D eigenvalue weighted by atomic mass is 10.0. The molecule has 0 radical (unpaired) electrons. The fourth-order valence-corrected chi connectivity index (χ4v) is 2.51. The lowest BCUT2D eigenvalue weighted by molar-refractivity contribution is 0.167. The van der Waals surface area contributed by atoms with E-state index in [2.05, 4.69) is 17.4 Å². The Kier molecular flexibility index (Phi) is 6.83. The minimum Gasteiger partial charge on any atom is -0.496 e. The monoisotopic (exact) mass is 342 g/mol. The molecule has 1 atom stereocenters. The van der Waals surface area contributed by atoms with Crippen molar-refractivity contribution >= 4 is 11.7 Å². The summed E-state index contributed by atoms with van der Waals surface area (Å²) in [5, 5.41) is 12.2. The molecule has 0 aromatic heterocycles. The van der Waals surface area contributed by atoms with E-state index in [1.165, 1.54) is 5.56 Å². The second kappa shape index (κ2) is 9.08. The van der Waals surface area contributed by atoms with Crippen molar-refractivity contribution in [2.75, 3.05) is 26.0 Å². The highest BCUT2D eigenvalue weighted by Gasteiger charge is 2.12. The van der Waals surface area contributed by atoms with Crippen molar-refractivity contribution in [2.24, 2.45) is 0 Å². The minimum atomic E-state index is -0.422. The van der Waals surface area contributed by atoms with Crippen LogP contribution in [0.15, 0.2) is 48.5 Å². The van der Waals surface area contributed by atoms with Gasteiger partial charge in [0.2, 0.25) is 0 Å². The molecule has 2 amide bonds. The van der Waals surface area contributed by atoms with Gasteiger partial charge in [0, 0.05) is 31.3 Å². The average molecular weight is 342 g/mol. The van der Waals surface area contributed by atoms with Crippen LogP contribution in [0.5, 0.6) is 5.75 Å². The van der Waals surface area contributed by atoms with Gasteiger partial charge in [0.1, 0.15) is 5.75 Å². The Hall–Kier alpha value is -2.53. The van der Waals surface area contributed by atoms with Crippen LogP contribution in [0.4, 0.5) is 10.5 Å². The van der Waals surface area contributed by atoms with Crippen LogP contribution < -0.4 is 10.1 Å². The van der Waals surface area contributed by atoms with Crippen LogP contribution in [0.25, 0.3) is 0 Å². The molecule has 0 aliphatic rings. The summed E-state index contributed by atoms with van der Waals surface area (Å²) in [6.45, 7) is 2.21. The smallest absolute Gasteiger partial charge is 0.321 e. The van der Waals surface area contributed by atoms with E-state index in [-0.39, 0.29) is 6.03 Å². The highest BCUT2D eigenvalue weighted by Crippen LogP contribution is 2.25. The zero-order chi connectivity index (χ0) is 18.2. The molecular weight excluding hydrogens is 316 g/mol. The number of aliphatic hydroxyl groups excluding tert-OH is 1. The molecule has 0 spiro atoms. The molecule has 1 unspecified atom stereocenters. The van der Waals surface area contributed by atoms with Gasteiger partial charge in [-0.05, 0) is 37.1 Å². The van der Waals surface area contributed by atoms with Gasteiger partial charge in [0.05, 0.1) is 13.2 Å². The Labute approximate surface area is 149 Å². The molecule has 134 valence electrons. The van der Waals surface area contributed by atoms with Crippen LogP contribution in [0.3, 0.4) is 0 Å². The number of hydrogen-bond acceptors (Lipinski definition) is 3.